The van der Waals surface area contributed by atoms with Crippen LogP contribution in [0.4, 0.5) is 26.3 Å². The van der Waals surface area contributed by atoms with Crippen molar-refractivity contribution < 1.29 is 45.5 Å². The summed E-state index contributed by atoms with van der Waals surface area (Å²) in [6.07, 6.45) is -8.45. The van der Waals surface area contributed by atoms with Crippen LogP contribution in [0, 0.1) is 0 Å². The number of nitrogens with one attached hydrogen (secondary N) is 3. The van der Waals surface area contributed by atoms with Crippen LogP contribution in [0.15, 0.2) is 35.6 Å². The number of benzene rings is 1. The molecule has 0 unspecified atom stereocenters. The Kier molecular flexibility index (Phi) is 8.45. The Morgan fingerprint density at radius 1 is 1.09 bits per heavy atom. The largest absolute Gasteiger partial charge is 0.416 e. The molecule has 10 nitrogen and oxygen atoms in total. The molecular weight excluding hydrogens is 478 g/mol. The highest BCUT2D eigenvalue weighted by atomic mass is 19.4. The molecular formula is C18H18F6N6O4. The van der Waals surface area contributed by atoms with Gasteiger partial charge in [-0.3, -0.25) is 30.7 Å². The van der Waals surface area contributed by atoms with E-state index >= 15 is 0 Å². The summed E-state index contributed by atoms with van der Waals surface area (Å²) < 4.78 is 82.3. The van der Waals surface area contributed by atoms with E-state index in [1.54, 1.807) is 0 Å². The minimum Gasteiger partial charge on any atom is -0.382 e. The van der Waals surface area contributed by atoms with E-state index in [-0.39, 0.29) is 32.4 Å². The molecule has 1 aliphatic rings. The topological polar surface area (TPSA) is 138 Å². The Morgan fingerprint density at radius 3 is 2.26 bits per heavy atom. The first kappa shape index (κ1) is 26.4. The molecule has 0 atom stereocenters. The van der Waals surface area contributed by atoms with Crippen molar-refractivity contribution in [3.8, 4) is 0 Å². The standard InChI is InChI=1S/C18H18F6N6O4/c19-17(20,21)11-5-10(6-12(7-11)18(22,23)24)16(25)29-26-2-1-13(31)27-28-14(32)8-30-3-4-34-9-15(30)33/h1-2,5-7,26H,3-4,8-9H2,(H2,25,29)(H,27,31)(H,28,32)/b2-1-. The van der Waals surface area contributed by atoms with Gasteiger partial charge in [0, 0.05) is 24.4 Å². The molecule has 1 saturated heterocycles. The van der Waals surface area contributed by atoms with Crippen molar-refractivity contribution in [1.82, 2.24) is 21.2 Å². The quantitative estimate of drug-likeness (QED) is 0.148. The fourth-order valence-electron chi connectivity index (χ4n) is 2.49. The summed E-state index contributed by atoms with van der Waals surface area (Å²) in [5.41, 5.74) is 7.76. The molecule has 0 radical (unpaired) electrons. The van der Waals surface area contributed by atoms with Crippen molar-refractivity contribution in [2.24, 2.45) is 10.8 Å². The van der Waals surface area contributed by atoms with Gasteiger partial charge in [0.1, 0.15) is 13.2 Å². The van der Waals surface area contributed by atoms with Crippen LogP contribution < -0.4 is 22.0 Å². The summed E-state index contributed by atoms with van der Waals surface area (Å²) in [6.45, 7) is -0.000870. The smallest absolute Gasteiger partial charge is 0.382 e. The molecule has 1 fully saturated rings. The number of hydrazone groups is 1. The highest BCUT2D eigenvalue weighted by molar-refractivity contribution is 5.97. The molecule has 34 heavy (non-hydrogen) atoms. The Hall–Kier alpha value is -3.82. The lowest BCUT2D eigenvalue weighted by molar-refractivity contribution is -0.146. The Bertz CT molecular complexity index is 960. The number of halogens is 6. The van der Waals surface area contributed by atoms with Gasteiger partial charge in [-0.15, -0.1) is 0 Å². The van der Waals surface area contributed by atoms with Crippen molar-refractivity contribution in [3.63, 3.8) is 0 Å². The molecule has 1 aliphatic heterocycles. The summed E-state index contributed by atoms with van der Waals surface area (Å²) in [4.78, 5) is 36.1. The fraction of sp³-hybridized carbons (Fsp3) is 0.333. The number of ether oxygens (including phenoxy) is 1. The molecule has 16 heteroatoms. The second-order valence-electron chi connectivity index (χ2n) is 6.66. The van der Waals surface area contributed by atoms with E-state index in [9.17, 15) is 40.7 Å². The summed E-state index contributed by atoms with van der Waals surface area (Å²) in [7, 11) is 0. The third-order valence-corrected chi connectivity index (χ3v) is 4.12. The first-order valence-electron chi connectivity index (χ1n) is 9.27. The number of alkyl halides is 6. The zero-order chi connectivity index (χ0) is 25.5. The SMILES string of the molecule is N/C(=N\N/C=C\C(=O)NNC(=O)CN1CCOCC1=O)c1cc(C(F)(F)F)cc(C(F)(F)F)c1. The number of hydrogen-bond donors (Lipinski definition) is 4. The van der Waals surface area contributed by atoms with Gasteiger partial charge in [0.2, 0.25) is 5.91 Å². The monoisotopic (exact) mass is 496 g/mol. The van der Waals surface area contributed by atoms with Gasteiger partial charge < -0.3 is 15.4 Å². The number of morpholine rings is 1. The second kappa shape index (κ2) is 10.9. The first-order chi connectivity index (χ1) is 15.8. The van der Waals surface area contributed by atoms with Gasteiger partial charge >= 0.3 is 12.4 Å². The molecule has 0 spiro atoms. The summed E-state index contributed by atoms with van der Waals surface area (Å²) in [5, 5.41) is 3.39. The average molecular weight is 496 g/mol. The van der Waals surface area contributed by atoms with Gasteiger partial charge in [-0.05, 0) is 18.2 Å². The third-order valence-electron chi connectivity index (χ3n) is 4.12. The van der Waals surface area contributed by atoms with Crippen LogP contribution in [0.3, 0.4) is 0 Å². The molecule has 1 aromatic rings. The highest BCUT2D eigenvalue weighted by Gasteiger charge is 2.37. The molecule has 0 aromatic heterocycles. The number of hydrazine groups is 1. The van der Waals surface area contributed by atoms with Crippen LogP contribution in [0.5, 0.6) is 0 Å². The van der Waals surface area contributed by atoms with E-state index in [0.717, 1.165) is 12.3 Å². The number of carbonyl (C=O) groups is 3. The second-order valence-corrected chi connectivity index (χ2v) is 6.66. The zero-order valence-corrected chi connectivity index (χ0v) is 17.1. The number of amidine groups is 1. The van der Waals surface area contributed by atoms with Gasteiger partial charge in [-0.1, -0.05) is 0 Å². The van der Waals surface area contributed by atoms with Crippen molar-refractivity contribution in [2.45, 2.75) is 12.4 Å². The van der Waals surface area contributed by atoms with Crippen LogP contribution in [0.1, 0.15) is 16.7 Å². The van der Waals surface area contributed by atoms with Crippen molar-refractivity contribution in [2.75, 3.05) is 26.3 Å². The summed E-state index contributed by atoms with van der Waals surface area (Å²) in [5.74, 6) is -2.68. The van der Waals surface area contributed by atoms with Gasteiger partial charge in [0.25, 0.3) is 11.8 Å². The molecule has 0 saturated carbocycles. The number of nitrogens with two attached hydrogens (primary N) is 1. The van der Waals surface area contributed by atoms with Crippen LogP contribution in [-0.2, 0) is 31.5 Å². The normalized spacial score (nSPS) is 15.4. The lowest BCUT2D eigenvalue weighted by Crippen LogP contribution is -2.50. The maximum absolute atomic E-state index is 12.9. The van der Waals surface area contributed by atoms with E-state index in [1.165, 1.54) is 4.90 Å². The average Bonchev–Trinajstić information content (AvgIpc) is 2.75. The van der Waals surface area contributed by atoms with Crippen molar-refractivity contribution >= 4 is 23.6 Å². The maximum Gasteiger partial charge on any atom is 0.416 e. The van der Waals surface area contributed by atoms with Crippen LogP contribution in [0.25, 0.3) is 0 Å². The Labute approximate surface area is 187 Å². The molecule has 1 aromatic carbocycles. The zero-order valence-electron chi connectivity index (χ0n) is 17.1. The van der Waals surface area contributed by atoms with E-state index in [2.05, 4.69) is 10.5 Å². The molecule has 186 valence electrons. The summed E-state index contributed by atoms with van der Waals surface area (Å²) in [6, 6.07) is 0.722. The highest BCUT2D eigenvalue weighted by Crippen LogP contribution is 2.36. The van der Waals surface area contributed by atoms with Crippen molar-refractivity contribution in [1.29, 1.82) is 0 Å². The molecule has 3 amide bonds. The maximum atomic E-state index is 12.9. The summed E-state index contributed by atoms with van der Waals surface area (Å²) >= 11 is 0. The molecule has 1 heterocycles. The third kappa shape index (κ3) is 7.95. The minimum atomic E-state index is -5.05. The van der Waals surface area contributed by atoms with E-state index in [1.807, 2.05) is 10.9 Å². The number of carbonyl (C=O) groups excluding carboxylic acids is 3. The molecule has 0 bridgehead atoms. The predicted octanol–water partition coefficient (Wildman–Crippen LogP) is 0.454. The fourth-order valence-corrected chi connectivity index (χ4v) is 2.49. The van der Waals surface area contributed by atoms with Crippen LogP contribution >= 0.6 is 0 Å². The Balaban J connectivity index is 1.93. The van der Waals surface area contributed by atoms with Gasteiger partial charge in [-0.2, -0.15) is 31.4 Å². The van der Waals surface area contributed by atoms with Gasteiger partial charge in [0.05, 0.1) is 17.7 Å². The number of nitrogens with zero attached hydrogens (tertiary/aromatic N) is 2. The van der Waals surface area contributed by atoms with Gasteiger partial charge in [0.15, 0.2) is 5.84 Å². The van der Waals surface area contributed by atoms with Crippen molar-refractivity contribution in [3.05, 3.63) is 47.2 Å². The number of hydrogen-bond acceptors (Lipinski definition) is 6. The predicted molar refractivity (Wildman–Crippen MR) is 103 cm³/mol. The number of rotatable bonds is 6. The molecule has 2 rings (SSSR count). The molecule has 0 aliphatic carbocycles. The lowest BCUT2D eigenvalue weighted by Gasteiger charge is -2.25. The first-order valence-corrected chi connectivity index (χ1v) is 9.27. The lowest BCUT2D eigenvalue weighted by atomic mass is 10.0. The van der Waals surface area contributed by atoms with E-state index in [0.29, 0.717) is 12.1 Å². The molecule has 5 N–H and O–H groups in total. The van der Waals surface area contributed by atoms with Gasteiger partial charge in [-0.25, -0.2) is 0 Å². The Morgan fingerprint density at radius 2 is 1.71 bits per heavy atom. The van der Waals surface area contributed by atoms with Crippen LogP contribution in [0.2, 0.25) is 0 Å². The van der Waals surface area contributed by atoms with E-state index < -0.39 is 52.6 Å². The van der Waals surface area contributed by atoms with E-state index in [4.69, 9.17) is 10.5 Å². The number of amides is 3. The van der Waals surface area contributed by atoms with Crippen LogP contribution in [-0.4, -0.2) is 54.8 Å². The minimum absolute atomic E-state index is 0.0578.